The molecule has 0 amide bonds. The predicted molar refractivity (Wildman–Crippen MR) is 68.4 cm³/mol. The van der Waals surface area contributed by atoms with Gasteiger partial charge >= 0.3 is 7.82 Å². The van der Waals surface area contributed by atoms with E-state index in [1.807, 2.05) is 0 Å². The molecule has 0 saturated carbocycles. The molecular weight excluding hydrogens is 295 g/mol. The minimum atomic E-state index is -4.40. The fourth-order valence-electron chi connectivity index (χ4n) is 1.04. The topological polar surface area (TPSA) is 124 Å². The van der Waals surface area contributed by atoms with Crippen molar-refractivity contribution in [1.29, 1.82) is 0 Å². The van der Waals surface area contributed by atoms with Crippen molar-refractivity contribution in [2.75, 3.05) is 66.1 Å². The minimum Gasteiger partial charge on any atom is -0.394 e. The van der Waals surface area contributed by atoms with E-state index in [2.05, 4.69) is 4.52 Å². The SMILES string of the molecule is O=P(O)(O)OCCOCCOCCOCCOCCO. The molecule has 0 aliphatic rings. The van der Waals surface area contributed by atoms with Gasteiger partial charge in [-0.2, -0.15) is 0 Å². The van der Waals surface area contributed by atoms with E-state index in [-0.39, 0.29) is 19.8 Å². The van der Waals surface area contributed by atoms with Crippen LogP contribution in [-0.2, 0) is 28.0 Å². The summed E-state index contributed by atoms with van der Waals surface area (Å²) in [5.41, 5.74) is 0. The summed E-state index contributed by atoms with van der Waals surface area (Å²) in [7, 11) is -4.40. The molecule has 0 saturated heterocycles. The van der Waals surface area contributed by atoms with Gasteiger partial charge in [0.05, 0.1) is 66.1 Å². The summed E-state index contributed by atoms with van der Waals surface area (Å²) in [6.45, 7) is 2.64. The van der Waals surface area contributed by atoms with Crippen molar-refractivity contribution in [3.63, 3.8) is 0 Å². The third-order valence-corrected chi connectivity index (χ3v) is 2.36. The number of phosphoric ester groups is 1. The van der Waals surface area contributed by atoms with E-state index in [1.165, 1.54) is 0 Å². The smallest absolute Gasteiger partial charge is 0.394 e. The van der Waals surface area contributed by atoms with Gasteiger partial charge in [-0.1, -0.05) is 0 Å². The van der Waals surface area contributed by atoms with Crippen LogP contribution in [-0.4, -0.2) is 81.0 Å². The largest absolute Gasteiger partial charge is 0.469 e. The molecule has 0 spiro atoms. The molecule has 0 aliphatic carbocycles. The lowest BCUT2D eigenvalue weighted by Crippen LogP contribution is -2.13. The second-order valence-electron chi connectivity index (χ2n) is 3.50. The fraction of sp³-hybridized carbons (Fsp3) is 1.00. The molecule has 0 aliphatic heterocycles. The van der Waals surface area contributed by atoms with Crippen LogP contribution in [0.3, 0.4) is 0 Å². The van der Waals surface area contributed by atoms with Crippen molar-refractivity contribution in [2.24, 2.45) is 0 Å². The van der Waals surface area contributed by atoms with Crippen LogP contribution in [0.2, 0.25) is 0 Å². The van der Waals surface area contributed by atoms with Gasteiger partial charge in [0.1, 0.15) is 0 Å². The van der Waals surface area contributed by atoms with E-state index in [4.69, 9.17) is 33.8 Å². The van der Waals surface area contributed by atoms with Gasteiger partial charge in [-0.05, 0) is 0 Å². The van der Waals surface area contributed by atoms with Crippen molar-refractivity contribution in [3.05, 3.63) is 0 Å². The van der Waals surface area contributed by atoms with E-state index in [9.17, 15) is 4.57 Å². The van der Waals surface area contributed by atoms with Crippen LogP contribution >= 0.6 is 7.82 Å². The maximum absolute atomic E-state index is 10.3. The summed E-state index contributed by atoms with van der Waals surface area (Å²) in [6.07, 6.45) is 0. The molecule has 0 atom stereocenters. The van der Waals surface area contributed by atoms with Crippen LogP contribution in [0.4, 0.5) is 0 Å². The van der Waals surface area contributed by atoms with E-state index in [1.54, 1.807) is 0 Å². The maximum Gasteiger partial charge on any atom is 0.469 e. The van der Waals surface area contributed by atoms with Gasteiger partial charge in [0.25, 0.3) is 0 Å². The first-order valence-corrected chi connectivity index (χ1v) is 7.71. The molecule has 0 radical (unpaired) electrons. The van der Waals surface area contributed by atoms with Crippen LogP contribution in [0.5, 0.6) is 0 Å². The summed E-state index contributed by atoms with van der Waals surface area (Å²) in [4.78, 5) is 16.8. The van der Waals surface area contributed by atoms with Crippen molar-refractivity contribution in [3.8, 4) is 0 Å². The lowest BCUT2D eigenvalue weighted by Gasteiger charge is -2.07. The quantitative estimate of drug-likeness (QED) is 0.262. The third kappa shape index (κ3) is 17.9. The Balaban J connectivity index is 3.01. The Morgan fingerprint density at radius 3 is 1.35 bits per heavy atom. The monoisotopic (exact) mass is 318 g/mol. The zero-order valence-electron chi connectivity index (χ0n) is 11.3. The Bertz CT molecular complexity index is 245. The normalized spacial score (nSPS) is 11.9. The molecular formula is C10H23O9P. The van der Waals surface area contributed by atoms with Crippen molar-refractivity contribution < 1.29 is 42.9 Å². The van der Waals surface area contributed by atoms with E-state index >= 15 is 0 Å². The van der Waals surface area contributed by atoms with Gasteiger partial charge in [-0.3, -0.25) is 4.52 Å². The zero-order valence-corrected chi connectivity index (χ0v) is 12.2. The maximum atomic E-state index is 10.3. The highest BCUT2D eigenvalue weighted by molar-refractivity contribution is 7.46. The van der Waals surface area contributed by atoms with Gasteiger partial charge in [0.2, 0.25) is 0 Å². The van der Waals surface area contributed by atoms with Crippen LogP contribution in [0.1, 0.15) is 0 Å². The molecule has 0 aromatic carbocycles. The summed E-state index contributed by atoms with van der Waals surface area (Å²) >= 11 is 0. The number of rotatable bonds is 15. The Morgan fingerprint density at radius 2 is 1.00 bits per heavy atom. The van der Waals surface area contributed by atoms with Crippen molar-refractivity contribution >= 4 is 7.82 Å². The highest BCUT2D eigenvalue weighted by Gasteiger charge is 2.12. The van der Waals surface area contributed by atoms with Gasteiger partial charge in [0, 0.05) is 0 Å². The Morgan fingerprint density at radius 1 is 0.650 bits per heavy atom. The molecule has 10 heteroatoms. The van der Waals surface area contributed by atoms with Crippen molar-refractivity contribution in [1.82, 2.24) is 0 Å². The summed E-state index contributed by atoms with van der Waals surface area (Å²) in [5.74, 6) is 0. The number of hydrogen-bond donors (Lipinski definition) is 3. The van der Waals surface area contributed by atoms with E-state index in [0.29, 0.717) is 46.2 Å². The highest BCUT2D eigenvalue weighted by atomic mass is 31.2. The second-order valence-corrected chi connectivity index (χ2v) is 4.74. The number of ether oxygens (including phenoxy) is 4. The van der Waals surface area contributed by atoms with Gasteiger partial charge in [-0.25, -0.2) is 4.57 Å². The van der Waals surface area contributed by atoms with Gasteiger partial charge in [0.15, 0.2) is 0 Å². The highest BCUT2D eigenvalue weighted by Crippen LogP contribution is 2.35. The number of aliphatic hydroxyl groups excluding tert-OH is 1. The Kier molecular flexibility index (Phi) is 13.8. The molecule has 20 heavy (non-hydrogen) atoms. The predicted octanol–water partition coefficient (Wildman–Crippen LogP) is -0.846. The second kappa shape index (κ2) is 13.9. The lowest BCUT2D eigenvalue weighted by atomic mass is 10.7. The number of hydrogen-bond acceptors (Lipinski definition) is 7. The Hall–Kier alpha value is -0.0900. The lowest BCUT2D eigenvalue weighted by molar-refractivity contribution is -0.00857. The Labute approximate surface area is 118 Å². The van der Waals surface area contributed by atoms with E-state index in [0.717, 1.165) is 0 Å². The van der Waals surface area contributed by atoms with Crippen LogP contribution < -0.4 is 0 Å². The minimum absolute atomic E-state index is 0.00229. The van der Waals surface area contributed by atoms with Crippen LogP contribution in [0.15, 0.2) is 0 Å². The first-order valence-electron chi connectivity index (χ1n) is 6.18. The zero-order chi connectivity index (χ0) is 15.1. The molecule has 0 fully saturated rings. The molecule has 0 unspecified atom stereocenters. The average molecular weight is 318 g/mol. The summed E-state index contributed by atoms with van der Waals surface area (Å²) in [5, 5.41) is 8.44. The average Bonchev–Trinajstić information content (AvgIpc) is 2.38. The summed E-state index contributed by atoms with van der Waals surface area (Å²) in [6, 6.07) is 0. The van der Waals surface area contributed by atoms with Crippen LogP contribution in [0, 0.1) is 0 Å². The fourth-order valence-corrected chi connectivity index (χ4v) is 1.35. The van der Waals surface area contributed by atoms with Crippen molar-refractivity contribution in [2.45, 2.75) is 0 Å². The third-order valence-electron chi connectivity index (χ3n) is 1.84. The van der Waals surface area contributed by atoms with Gasteiger partial charge < -0.3 is 33.8 Å². The number of phosphoric acid groups is 1. The molecule has 122 valence electrons. The van der Waals surface area contributed by atoms with Gasteiger partial charge in [-0.15, -0.1) is 0 Å². The van der Waals surface area contributed by atoms with Crippen LogP contribution in [0.25, 0.3) is 0 Å². The molecule has 9 nitrogen and oxygen atoms in total. The standard InChI is InChI=1S/C10H23O9P/c11-1-2-15-3-4-16-5-6-17-7-8-18-9-10-19-20(12,13)14/h11H,1-10H2,(H2,12,13,14). The summed E-state index contributed by atoms with van der Waals surface area (Å²) < 4.78 is 34.9. The molecule has 0 heterocycles. The molecule has 0 bridgehead atoms. The molecule has 3 N–H and O–H groups in total. The first kappa shape index (κ1) is 19.9. The first-order chi connectivity index (χ1) is 9.56. The molecule has 0 aromatic heterocycles. The molecule has 0 aromatic rings. The van der Waals surface area contributed by atoms with E-state index < -0.39 is 7.82 Å². The molecule has 0 rings (SSSR count). The number of aliphatic hydroxyl groups is 1.